The van der Waals surface area contributed by atoms with E-state index in [-0.39, 0.29) is 0 Å². The molecule has 1 heteroatoms. The first kappa shape index (κ1) is 14.2. The number of benzene rings is 1. The van der Waals surface area contributed by atoms with Gasteiger partial charge in [-0.1, -0.05) is 44.4 Å². The van der Waals surface area contributed by atoms with Crippen molar-refractivity contribution >= 4 is 11.4 Å². The number of allylic oxidation sites excluding steroid dienone is 4. The highest BCUT2D eigenvalue weighted by molar-refractivity contribution is 6.11. The minimum atomic E-state index is 0.865. The van der Waals surface area contributed by atoms with E-state index in [0.29, 0.717) is 0 Å². The Morgan fingerprint density at radius 2 is 2.00 bits per heavy atom. The molecular formula is C17H21N. The molecule has 1 nitrogen and oxygen atoms in total. The molecule has 94 valence electrons. The Morgan fingerprint density at radius 1 is 1.28 bits per heavy atom. The molecule has 0 aliphatic heterocycles. The fourth-order valence-electron chi connectivity index (χ4n) is 1.72. The van der Waals surface area contributed by atoms with E-state index in [2.05, 4.69) is 50.2 Å². The Balaban J connectivity index is 3.28. The second-order valence-corrected chi connectivity index (χ2v) is 4.12. The highest BCUT2D eigenvalue weighted by Gasteiger charge is 2.02. The van der Waals surface area contributed by atoms with Gasteiger partial charge < -0.3 is 0 Å². The lowest BCUT2D eigenvalue weighted by Gasteiger charge is -2.06. The molecule has 0 atom stereocenters. The van der Waals surface area contributed by atoms with Crippen LogP contribution in [0.25, 0.3) is 0 Å². The van der Waals surface area contributed by atoms with E-state index >= 15 is 0 Å². The zero-order valence-electron chi connectivity index (χ0n) is 11.5. The maximum absolute atomic E-state index is 4.69. The molecule has 0 saturated carbocycles. The molecule has 1 aromatic rings. The van der Waals surface area contributed by atoms with Crippen molar-refractivity contribution in [1.29, 1.82) is 0 Å². The van der Waals surface area contributed by atoms with E-state index in [0.717, 1.165) is 23.4 Å². The van der Waals surface area contributed by atoms with Gasteiger partial charge in [-0.3, -0.25) is 0 Å². The molecule has 0 amide bonds. The summed E-state index contributed by atoms with van der Waals surface area (Å²) in [7, 11) is 0. The van der Waals surface area contributed by atoms with Crippen molar-refractivity contribution in [3.8, 4) is 0 Å². The number of hydrogen-bond donors (Lipinski definition) is 0. The third-order valence-corrected chi connectivity index (χ3v) is 2.94. The highest BCUT2D eigenvalue weighted by Crippen LogP contribution is 2.22. The van der Waals surface area contributed by atoms with Crippen LogP contribution in [0, 0.1) is 6.92 Å². The first-order chi connectivity index (χ1) is 8.65. The summed E-state index contributed by atoms with van der Waals surface area (Å²) in [5, 5.41) is 0. The van der Waals surface area contributed by atoms with Crippen LogP contribution in [0.5, 0.6) is 0 Å². The second-order valence-electron chi connectivity index (χ2n) is 4.12. The molecular weight excluding hydrogens is 218 g/mol. The topological polar surface area (TPSA) is 12.4 Å². The molecule has 0 aliphatic rings. The Morgan fingerprint density at radius 3 is 2.50 bits per heavy atom. The van der Waals surface area contributed by atoms with Crippen LogP contribution in [-0.2, 0) is 6.42 Å². The van der Waals surface area contributed by atoms with Gasteiger partial charge in [0.1, 0.15) is 0 Å². The SMILES string of the molecule is C=CC(=Nc1cc(CC)ccc1C)/C(C=C)=C/C. The average Bonchev–Trinajstić information content (AvgIpc) is 2.40. The fourth-order valence-corrected chi connectivity index (χ4v) is 1.72. The third kappa shape index (κ3) is 3.30. The molecule has 1 aromatic carbocycles. The number of nitrogens with zero attached hydrogens (tertiary/aromatic N) is 1. The molecule has 0 unspecified atom stereocenters. The number of hydrogen-bond acceptors (Lipinski definition) is 1. The van der Waals surface area contributed by atoms with Crippen LogP contribution in [0.2, 0.25) is 0 Å². The Hall–Kier alpha value is -1.89. The summed E-state index contributed by atoms with van der Waals surface area (Å²) < 4.78 is 0. The number of rotatable bonds is 5. The van der Waals surface area contributed by atoms with E-state index in [1.165, 1.54) is 11.1 Å². The van der Waals surface area contributed by atoms with Crippen LogP contribution in [0.3, 0.4) is 0 Å². The van der Waals surface area contributed by atoms with Gasteiger partial charge in [0, 0.05) is 0 Å². The van der Waals surface area contributed by atoms with Crippen molar-refractivity contribution in [2.24, 2.45) is 4.99 Å². The summed E-state index contributed by atoms with van der Waals surface area (Å²) in [5.74, 6) is 0. The van der Waals surface area contributed by atoms with Crippen molar-refractivity contribution < 1.29 is 0 Å². The molecule has 18 heavy (non-hydrogen) atoms. The van der Waals surface area contributed by atoms with Crippen molar-refractivity contribution in [1.82, 2.24) is 0 Å². The van der Waals surface area contributed by atoms with Gasteiger partial charge in [-0.2, -0.15) is 0 Å². The largest absolute Gasteiger partial charge is 0.248 e. The second kappa shape index (κ2) is 6.75. The monoisotopic (exact) mass is 239 g/mol. The Bertz CT molecular complexity index is 504. The number of aryl methyl sites for hydroxylation is 2. The lowest BCUT2D eigenvalue weighted by molar-refractivity contribution is 1.13. The Kier molecular flexibility index (Phi) is 5.31. The molecule has 0 fully saturated rings. The van der Waals surface area contributed by atoms with Gasteiger partial charge in [-0.25, -0.2) is 4.99 Å². The first-order valence-electron chi connectivity index (χ1n) is 6.26. The van der Waals surface area contributed by atoms with Gasteiger partial charge >= 0.3 is 0 Å². The predicted octanol–water partition coefficient (Wildman–Crippen LogP) is 4.95. The third-order valence-electron chi connectivity index (χ3n) is 2.94. The van der Waals surface area contributed by atoms with E-state index in [9.17, 15) is 0 Å². The normalized spacial score (nSPS) is 12.4. The van der Waals surface area contributed by atoms with Crippen molar-refractivity contribution in [2.45, 2.75) is 27.2 Å². The van der Waals surface area contributed by atoms with Crippen molar-refractivity contribution in [3.05, 3.63) is 66.3 Å². The van der Waals surface area contributed by atoms with Gasteiger partial charge in [-0.15, -0.1) is 0 Å². The van der Waals surface area contributed by atoms with Crippen LogP contribution >= 0.6 is 0 Å². The van der Waals surface area contributed by atoms with Crippen molar-refractivity contribution in [3.63, 3.8) is 0 Å². The van der Waals surface area contributed by atoms with Crippen LogP contribution in [-0.4, -0.2) is 5.71 Å². The fraction of sp³-hybridized carbons (Fsp3) is 0.235. The van der Waals surface area contributed by atoms with E-state index < -0.39 is 0 Å². The summed E-state index contributed by atoms with van der Waals surface area (Å²) in [6.07, 6.45) is 6.59. The Labute approximate surface area is 110 Å². The van der Waals surface area contributed by atoms with Gasteiger partial charge in [-0.05, 0) is 49.1 Å². The van der Waals surface area contributed by atoms with Crippen LogP contribution in [0.1, 0.15) is 25.0 Å². The molecule has 1 rings (SSSR count). The van der Waals surface area contributed by atoms with E-state index in [1.807, 2.05) is 13.0 Å². The smallest absolute Gasteiger partial charge is 0.0699 e. The molecule has 0 spiro atoms. The van der Waals surface area contributed by atoms with Gasteiger partial charge in [0.15, 0.2) is 0 Å². The first-order valence-corrected chi connectivity index (χ1v) is 6.26. The summed E-state index contributed by atoms with van der Waals surface area (Å²) in [6.45, 7) is 13.8. The number of aliphatic imine (C=N–C) groups is 1. The predicted molar refractivity (Wildman–Crippen MR) is 81.8 cm³/mol. The van der Waals surface area contributed by atoms with Gasteiger partial charge in [0.05, 0.1) is 11.4 Å². The van der Waals surface area contributed by atoms with Crippen LogP contribution in [0.15, 0.2) is 60.2 Å². The van der Waals surface area contributed by atoms with E-state index in [1.54, 1.807) is 12.2 Å². The van der Waals surface area contributed by atoms with E-state index in [4.69, 9.17) is 0 Å². The maximum atomic E-state index is 4.69. The lowest BCUT2D eigenvalue weighted by Crippen LogP contribution is -1.96. The summed E-state index contributed by atoms with van der Waals surface area (Å²) >= 11 is 0. The van der Waals surface area contributed by atoms with Gasteiger partial charge in [0.25, 0.3) is 0 Å². The van der Waals surface area contributed by atoms with Crippen molar-refractivity contribution in [2.75, 3.05) is 0 Å². The zero-order chi connectivity index (χ0) is 13.5. The lowest BCUT2D eigenvalue weighted by atomic mass is 10.1. The minimum Gasteiger partial charge on any atom is -0.248 e. The highest BCUT2D eigenvalue weighted by atomic mass is 14.7. The molecule has 0 aliphatic carbocycles. The van der Waals surface area contributed by atoms with Crippen LogP contribution in [0.4, 0.5) is 5.69 Å². The summed E-state index contributed by atoms with van der Waals surface area (Å²) in [6, 6.07) is 6.39. The van der Waals surface area contributed by atoms with Gasteiger partial charge in [0.2, 0.25) is 0 Å². The summed E-state index contributed by atoms with van der Waals surface area (Å²) in [5.41, 5.74) is 5.34. The summed E-state index contributed by atoms with van der Waals surface area (Å²) in [4.78, 5) is 4.69. The molecule has 0 bridgehead atoms. The maximum Gasteiger partial charge on any atom is 0.0699 e. The molecule has 0 N–H and O–H groups in total. The quantitative estimate of drug-likeness (QED) is 0.509. The molecule has 0 radical (unpaired) electrons. The molecule has 0 saturated heterocycles. The van der Waals surface area contributed by atoms with Crippen LogP contribution < -0.4 is 0 Å². The standard InChI is InChI=1S/C17H21N/c1-6-14-11-10-13(5)17(12-14)18-16(9-4)15(7-2)8-3/h7-12H,2,4,6H2,1,3,5H3/b15-8+,18-16?. The average molecular weight is 239 g/mol. The zero-order valence-corrected chi connectivity index (χ0v) is 11.5. The minimum absolute atomic E-state index is 0.865. The molecule has 0 heterocycles. The molecule has 0 aromatic heterocycles.